The fourth-order valence-electron chi connectivity index (χ4n) is 2.65. The quantitative estimate of drug-likeness (QED) is 0.903. The Bertz CT molecular complexity index is 680. The number of H-pyrrole nitrogens is 1. The number of hydrogen-bond acceptors (Lipinski definition) is 4. The normalized spacial score (nSPS) is 16.5. The highest BCUT2D eigenvalue weighted by atomic mass is 16.2. The smallest absolute Gasteiger partial charge is 0.318 e. The van der Waals surface area contributed by atoms with E-state index in [4.69, 9.17) is 0 Å². The SMILES string of the molecule is C[C@@H]1c2ccccc2CN1C(=O)NCc1nc(N(C)C)n[nH]1. The van der Waals surface area contributed by atoms with Gasteiger partial charge in [0.2, 0.25) is 5.95 Å². The van der Waals surface area contributed by atoms with Gasteiger partial charge in [0, 0.05) is 20.6 Å². The summed E-state index contributed by atoms with van der Waals surface area (Å²) in [6, 6.07) is 8.15. The molecule has 7 nitrogen and oxygen atoms in total. The first-order chi connectivity index (χ1) is 10.6. The largest absolute Gasteiger partial charge is 0.346 e. The van der Waals surface area contributed by atoms with Crippen LogP contribution in [0.25, 0.3) is 0 Å². The Morgan fingerprint density at radius 1 is 1.45 bits per heavy atom. The second kappa shape index (κ2) is 5.67. The Morgan fingerprint density at radius 3 is 2.91 bits per heavy atom. The first-order valence-corrected chi connectivity index (χ1v) is 7.27. The van der Waals surface area contributed by atoms with Gasteiger partial charge in [0.15, 0.2) is 0 Å². The number of carbonyl (C=O) groups excluding carboxylic acids is 1. The fourth-order valence-corrected chi connectivity index (χ4v) is 2.65. The number of aromatic nitrogens is 3. The molecule has 0 spiro atoms. The van der Waals surface area contributed by atoms with E-state index in [9.17, 15) is 4.79 Å². The van der Waals surface area contributed by atoms with Gasteiger partial charge in [-0.15, -0.1) is 5.10 Å². The van der Waals surface area contributed by atoms with Crippen LogP contribution in [0.1, 0.15) is 29.9 Å². The molecule has 22 heavy (non-hydrogen) atoms. The lowest BCUT2D eigenvalue weighted by atomic mass is 10.1. The van der Waals surface area contributed by atoms with Crippen molar-refractivity contribution < 1.29 is 4.79 Å². The van der Waals surface area contributed by atoms with E-state index in [1.807, 2.05) is 38.1 Å². The highest BCUT2D eigenvalue weighted by Crippen LogP contribution is 2.32. The zero-order valence-electron chi connectivity index (χ0n) is 13.0. The molecule has 2 aromatic rings. The molecule has 2 amide bonds. The lowest BCUT2D eigenvalue weighted by Crippen LogP contribution is -2.37. The van der Waals surface area contributed by atoms with Crippen LogP contribution in [0.2, 0.25) is 0 Å². The van der Waals surface area contributed by atoms with Gasteiger partial charge in [-0.2, -0.15) is 4.98 Å². The van der Waals surface area contributed by atoms with Gasteiger partial charge < -0.3 is 15.1 Å². The predicted molar refractivity (Wildman–Crippen MR) is 83.3 cm³/mol. The zero-order valence-corrected chi connectivity index (χ0v) is 13.0. The van der Waals surface area contributed by atoms with E-state index >= 15 is 0 Å². The molecular weight excluding hydrogens is 280 g/mol. The molecule has 0 bridgehead atoms. The van der Waals surface area contributed by atoms with Crippen LogP contribution in [0.15, 0.2) is 24.3 Å². The summed E-state index contributed by atoms with van der Waals surface area (Å²) in [6.45, 7) is 3.02. The average molecular weight is 300 g/mol. The van der Waals surface area contributed by atoms with Crippen molar-refractivity contribution in [2.75, 3.05) is 19.0 Å². The molecule has 1 aliphatic rings. The van der Waals surface area contributed by atoms with Crippen molar-refractivity contribution in [3.05, 3.63) is 41.2 Å². The average Bonchev–Trinajstić information content (AvgIpc) is 3.11. The number of aromatic amines is 1. The monoisotopic (exact) mass is 300 g/mol. The first kappa shape index (κ1) is 14.4. The van der Waals surface area contributed by atoms with Crippen molar-refractivity contribution in [1.82, 2.24) is 25.4 Å². The first-order valence-electron chi connectivity index (χ1n) is 7.27. The third-order valence-electron chi connectivity index (χ3n) is 3.90. The van der Waals surface area contributed by atoms with Crippen LogP contribution in [0, 0.1) is 0 Å². The van der Waals surface area contributed by atoms with E-state index in [2.05, 4.69) is 32.6 Å². The minimum atomic E-state index is -0.0912. The summed E-state index contributed by atoms with van der Waals surface area (Å²) in [5.41, 5.74) is 2.42. The molecule has 1 atom stereocenters. The number of nitrogens with one attached hydrogen (secondary N) is 2. The summed E-state index contributed by atoms with van der Waals surface area (Å²) in [6.07, 6.45) is 0. The van der Waals surface area contributed by atoms with E-state index in [1.54, 1.807) is 4.90 Å². The van der Waals surface area contributed by atoms with Crippen LogP contribution in [-0.4, -0.2) is 40.2 Å². The minimum absolute atomic E-state index is 0.0864. The molecule has 0 saturated carbocycles. The molecule has 7 heteroatoms. The molecule has 0 unspecified atom stereocenters. The standard InChI is InChI=1S/C15H20N6O/c1-10-12-7-5-4-6-11(12)9-21(10)15(22)16-8-13-17-14(19-18-13)20(2)3/h4-7,10H,8-9H2,1-3H3,(H,16,22)(H,17,18,19)/t10-/m1/s1. The maximum Gasteiger partial charge on any atom is 0.318 e. The third-order valence-corrected chi connectivity index (χ3v) is 3.90. The number of hydrogen-bond donors (Lipinski definition) is 2. The van der Waals surface area contributed by atoms with Crippen LogP contribution >= 0.6 is 0 Å². The summed E-state index contributed by atoms with van der Waals surface area (Å²) in [5.74, 6) is 1.24. The van der Waals surface area contributed by atoms with Crippen LogP contribution < -0.4 is 10.2 Å². The maximum absolute atomic E-state index is 12.4. The Morgan fingerprint density at radius 2 is 2.23 bits per heavy atom. The topological polar surface area (TPSA) is 77.2 Å². The Balaban J connectivity index is 1.61. The molecule has 2 heterocycles. The van der Waals surface area contributed by atoms with Gasteiger partial charge in [-0.1, -0.05) is 24.3 Å². The number of urea groups is 1. The summed E-state index contributed by atoms with van der Waals surface area (Å²) >= 11 is 0. The fraction of sp³-hybridized carbons (Fsp3) is 0.400. The highest BCUT2D eigenvalue weighted by Gasteiger charge is 2.29. The summed E-state index contributed by atoms with van der Waals surface area (Å²) < 4.78 is 0. The van der Waals surface area contributed by atoms with Crippen LogP contribution in [0.4, 0.5) is 10.7 Å². The number of amides is 2. The van der Waals surface area contributed by atoms with Crippen LogP contribution in [-0.2, 0) is 13.1 Å². The lowest BCUT2D eigenvalue weighted by Gasteiger charge is -2.22. The Hall–Kier alpha value is -2.57. The van der Waals surface area contributed by atoms with Crippen molar-refractivity contribution >= 4 is 12.0 Å². The number of fused-ring (bicyclic) bond motifs is 1. The maximum atomic E-state index is 12.4. The van der Waals surface area contributed by atoms with Crippen LogP contribution in [0.5, 0.6) is 0 Å². The molecular formula is C15H20N6O. The second-order valence-corrected chi connectivity index (χ2v) is 5.64. The Labute approximate surface area is 129 Å². The van der Waals surface area contributed by atoms with Gasteiger partial charge in [-0.25, -0.2) is 4.79 Å². The van der Waals surface area contributed by atoms with Crippen molar-refractivity contribution in [2.24, 2.45) is 0 Å². The summed E-state index contributed by atoms with van der Waals surface area (Å²) in [7, 11) is 3.74. The molecule has 116 valence electrons. The van der Waals surface area contributed by atoms with E-state index in [0.717, 1.165) is 0 Å². The third kappa shape index (κ3) is 2.61. The zero-order chi connectivity index (χ0) is 15.7. The lowest BCUT2D eigenvalue weighted by molar-refractivity contribution is 0.184. The number of anilines is 1. The van der Waals surface area contributed by atoms with Gasteiger partial charge in [0.05, 0.1) is 12.6 Å². The van der Waals surface area contributed by atoms with E-state index in [0.29, 0.717) is 24.9 Å². The number of rotatable bonds is 3. The van der Waals surface area contributed by atoms with Gasteiger partial charge in [-0.05, 0) is 18.1 Å². The molecule has 1 aromatic heterocycles. The van der Waals surface area contributed by atoms with E-state index in [1.165, 1.54) is 11.1 Å². The van der Waals surface area contributed by atoms with E-state index in [-0.39, 0.29) is 12.1 Å². The molecule has 0 fully saturated rings. The molecule has 1 aromatic carbocycles. The minimum Gasteiger partial charge on any atom is -0.346 e. The molecule has 0 aliphatic carbocycles. The molecule has 0 saturated heterocycles. The van der Waals surface area contributed by atoms with Crippen molar-refractivity contribution in [1.29, 1.82) is 0 Å². The summed E-state index contributed by atoms with van der Waals surface area (Å²) in [4.78, 5) is 20.3. The Kier molecular flexibility index (Phi) is 3.70. The highest BCUT2D eigenvalue weighted by molar-refractivity contribution is 5.75. The van der Waals surface area contributed by atoms with Gasteiger partial charge in [-0.3, -0.25) is 5.10 Å². The van der Waals surface area contributed by atoms with Crippen molar-refractivity contribution in [2.45, 2.75) is 26.1 Å². The van der Waals surface area contributed by atoms with Crippen LogP contribution in [0.3, 0.4) is 0 Å². The van der Waals surface area contributed by atoms with E-state index < -0.39 is 0 Å². The molecule has 2 N–H and O–H groups in total. The van der Waals surface area contributed by atoms with Gasteiger partial charge in [0.25, 0.3) is 0 Å². The van der Waals surface area contributed by atoms with Crippen molar-refractivity contribution in [3.63, 3.8) is 0 Å². The molecule has 1 aliphatic heterocycles. The molecule has 0 radical (unpaired) electrons. The van der Waals surface area contributed by atoms with Crippen molar-refractivity contribution in [3.8, 4) is 0 Å². The number of benzene rings is 1. The predicted octanol–water partition coefficient (Wildman–Crippen LogP) is 1.66. The van der Waals surface area contributed by atoms with Gasteiger partial charge in [0.1, 0.15) is 5.82 Å². The number of carbonyl (C=O) groups is 1. The number of nitrogens with zero attached hydrogens (tertiary/aromatic N) is 4. The second-order valence-electron chi connectivity index (χ2n) is 5.64. The van der Waals surface area contributed by atoms with Gasteiger partial charge >= 0.3 is 6.03 Å². The summed E-state index contributed by atoms with van der Waals surface area (Å²) in [5, 5.41) is 9.78. The molecule has 3 rings (SSSR count).